The average Bonchev–Trinajstić information content (AvgIpc) is 3.65. The zero-order chi connectivity index (χ0) is 34.7. The average molecular weight is 671 g/mol. The van der Waals surface area contributed by atoms with Gasteiger partial charge < -0.3 is 18.9 Å². The van der Waals surface area contributed by atoms with Crippen LogP contribution in [0.1, 0.15) is 33.5 Å². The lowest BCUT2D eigenvalue weighted by atomic mass is 10.0. The Morgan fingerprint density at radius 3 is 2.10 bits per heavy atom. The molecule has 0 aliphatic carbocycles. The van der Waals surface area contributed by atoms with Crippen LogP contribution in [0.3, 0.4) is 0 Å². The van der Waals surface area contributed by atoms with Crippen LogP contribution in [0.5, 0.6) is 0 Å². The van der Waals surface area contributed by atoms with Crippen molar-refractivity contribution in [3.63, 3.8) is 0 Å². The Balaban J connectivity index is 1.16. The molecule has 0 spiro atoms. The topological polar surface area (TPSA) is 84.6 Å². The summed E-state index contributed by atoms with van der Waals surface area (Å²) >= 11 is 0. The van der Waals surface area contributed by atoms with Crippen LogP contribution in [-0.4, -0.2) is 57.7 Å². The van der Waals surface area contributed by atoms with Crippen molar-refractivity contribution >= 4 is 23.2 Å². The Hall–Kier alpha value is -5.78. The summed E-state index contributed by atoms with van der Waals surface area (Å²) in [5, 5.41) is 0. The monoisotopic (exact) mass is 670 g/mol. The summed E-state index contributed by atoms with van der Waals surface area (Å²) in [6, 6.07) is 20.1. The van der Waals surface area contributed by atoms with Crippen LogP contribution in [0.4, 0.5) is 23.2 Å². The van der Waals surface area contributed by atoms with E-state index in [1.165, 1.54) is 29.3 Å². The molecule has 3 heterocycles. The van der Waals surface area contributed by atoms with E-state index in [0.717, 1.165) is 34.1 Å². The van der Waals surface area contributed by atoms with Crippen molar-refractivity contribution in [2.75, 3.05) is 31.1 Å². The van der Waals surface area contributed by atoms with Gasteiger partial charge in [0.25, 0.3) is 11.5 Å². The highest BCUT2D eigenvalue weighted by Gasteiger charge is 2.29. The maximum atomic E-state index is 14.5. The summed E-state index contributed by atoms with van der Waals surface area (Å²) < 4.78 is 58.9. The molecule has 6 rings (SSSR count). The third kappa shape index (κ3) is 7.38. The Morgan fingerprint density at radius 2 is 1.41 bits per heavy atom. The summed E-state index contributed by atoms with van der Waals surface area (Å²) in [5.41, 5.74) is 0.990. The Bertz CT molecular complexity index is 2090. The van der Waals surface area contributed by atoms with E-state index in [-0.39, 0.29) is 37.2 Å². The summed E-state index contributed by atoms with van der Waals surface area (Å²) in [6.45, 7) is 1.23. The van der Waals surface area contributed by atoms with Crippen molar-refractivity contribution in [2.45, 2.75) is 19.4 Å². The van der Waals surface area contributed by atoms with E-state index >= 15 is 0 Å². The summed E-state index contributed by atoms with van der Waals surface area (Å²) in [4.78, 5) is 56.4. The molecule has 0 atom stereocenters. The van der Waals surface area contributed by atoms with Gasteiger partial charge in [-0.05, 0) is 77.4 Å². The summed E-state index contributed by atoms with van der Waals surface area (Å²) in [5.74, 6) is -7.81. The number of carbonyl (C=O) groups is 3. The van der Waals surface area contributed by atoms with E-state index < -0.39 is 58.3 Å². The fraction of sp³-hybridized carbons (Fsp3) is 0.189. The van der Waals surface area contributed by atoms with Crippen molar-refractivity contribution in [1.29, 1.82) is 0 Å². The van der Waals surface area contributed by atoms with Crippen molar-refractivity contribution in [1.82, 2.24) is 14.0 Å². The van der Waals surface area contributed by atoms with E-state index in [1.54, 1.807) is 6.07 Å². The number of nitrogens with zero attached hydrogens (tertiary/aromatic N) is 4. The minimum atomic E-state index is -1.67. The minimum Gasteiger partial charge on any atom is -0.368 e. The van der Waals surface area contributed by atoms with Gasteiger partial charge in [0.05, 0.1) is 18.5 Å². The largest absolute Gasteiger partial charge is 0.368 e. The number of anilines is 1. The lowest BCUT2D eigenvalue weighted by Crippen LogP contribution is -2.51. The first-order valence-corrected chi connectivity index (χ1v) is 15.5. The Labute approximate surface area is 278 Å². The van der Waals surface area contributed by atoms with Gasteiger partial charge in [0.1, 0.15) is 5.82 Å². The van der Waals surface area contributed by atoms with Crippen molar-refractivity contribution in [2.24, 2.45) is 0 Å². The van der Waals surface area contributed by atoms with Crippen molar-refractivity contribution in [3.8, 4) is 5.69 Å². The quantitative estimate of drug-likeness (QED) is 0.0660. The zero-order valence-electron chi connectivity index (χ0n) is 26.1. The molecule has 12 heteroatoms. The predicted octanol–water partition coefficient (Wildman–Crippen LogP) is 5.33. The number of carbonyl (C=O) groups excluding carboxylic acids is 3. The third-order valence-corrected chi connectivity index (χ3v) is 8.44. The second-order valence-electron chi connectivity index (χ2n) is 11.7. The molecular weight excluding hydrogens is 640 g/mol. The number of ketones is 2. The molecule has 5 aromatic rings. The zero-order valence-corrected chi connectivity index (χ0v) is 26.1. The van der Waals surface area contributed by atoms with Gasteiger partial charge in [-0.15, -0.1) is 0 Å². The maximum absolute atomic E-state index is 14.5. The lowest BCUT2D eigenvalue weighted by Gasteiger charge is -2.35. The van der Waals surface area contributed by atoms with Gasteiger partial charge in [0.15, 0.2) is 23.2 Å². The number of hydrogen-bond donors (Lipinski definition) is 0. The molecular formula is C37H30F4N4O4. The normalized spacial score (nSPS) is 13.1. The van der Waals surface area contributed by atoms with Gasteiger partial charge in [-0.3, -0.25) is 19.2 Å². The van der Waals surface area contributed by atoms with E-state index in [1.807, 2.05) is 53.4 Å². The number of benzene rings is 3. The van der Waals surface area contributed by atoms with Gasteiger partial charge in [-0.25, -0.2) is 17.6 Å². The molecule has 2 aromatic heterocycles. The van der Waals surface area contributed by atoms with Crippen LogP contribution >= 0.6 is 0 Å². The standard InChI is InChI=1S/C37H30F4N4O4/c38-27-5-3-4-24(19-27)22-45-23-25(18-26-6-11-31(39)35(41)34(26)40)20-30(36(45)48)32(46)21-33(47)37(49)44-16-14-43(15-17-44)29-9-7-28(8-10-29)42-12-1-2-13-42/h1-13,19-20,23H,14-18,21-22H2. The SMILES string of the molecule is O=C(CC(=O)c1cc(Cc2ccc(F)c(F)c2F)cn(Cc2cccc(F)c2)c1=O)C(=O)N1CCN(c2ccc(-n3cccc3)cc2)CC1. The fourth-order valence-corrected chi connectivity index (χ4v) is 5.87. The fourth-order valence-electron chi connectivity index (χ4n) is 5.87. The van der Waals surface area contributed by atoms with Gasteiger partial charge in [-0.1, -0.05) is 18.2 Å². The molecule has 250 valence electrons. The van der Waals surface area contributed by atoms with Crippen LogP contribution in [-0.2, 0) is 22.6 Å². The molecule has 1 saturated heterocycles. The molecule has 0 unspecified atom stereocenters. The number of piperazine rings is 1. The van der Waals surface area contributed by atoms with Crippen molar-refractivity contribution < 1.29 is 31.9 Å². The molecule has 1 aliphatic heterocycles. The number of halogens is 4. The van der Waals surface area contributed by atoms with Crippen LogP contribution in [0, 0.1) is 23.3 Å². The van der Waals surface area contributed by atoms with E-state index in [4.69, 9.17) is 0 Å². The van der Waals surface area contributed by atoms with Crippen LogP contribution < -0.4 is 10.5 Å². The molecule has 49 heavy (non-hydrogen) atoms. The van der Waals surface area contributed by atoms with Crippen molar-refractivity contribution in [3.05, 3.63) is 153 Å². The first-order chi connectivity index (χ1) is 23.6. The van der Waals surface area contributed by atoms with E-state index in [2.05, 4.69) is 4.90 Å². The number of Topliss-reactive ketones (excluding diaryl/α,β-unsaturated/α-hetero) is 2. The molecule has 0 N–H and O–H groups in total. The highest BCUT2D eigenvalue weighted by Crippen LogP contribution is 2.21. The van der Waals surface area contributed by atoms with E-state index in [0.29, 0.717) is 18.7 Å². The number of hydrogen-bond acceptors (Lipinski definition) is 5. The third-order valence-electron chi connectivity index (χ3n) is 8.44. The maximum Gasteiger partial charge on any atom is 0.290 e. The van der Waals surface area contributed by atoms with Gasteiger partial charge in [-0.2, -0.15) is 0 Å². The number of rotatable bonds is 10. The minimum absolute atomic E-state index is 0.167. The van der Waals surface area contributed by atoms with Gasteiger partial charge in [0.2, 0.25) is 5.78 Å². The van der Waals surface area contributed by atoms with Crippen LogP contribution in [0.2, 0.25) is 0 Å². The van der Waals surface area contributed by atoms with Crippen LogP contribution in [0.15, 0.2) is 102 Å². The Morgan fingerprint density at radius 1 is 0.714 bits per heavy atom. The van der Waals surface area contributed by atoms with Gasteiger partial charge in [0, 0.05) is 62.6 Å². The second kappa shape index (κ2) is 14.1. The van der Waals surface area contributed by atoms with Crippen LogP contribution in [0.25, 0.3) is 5.69 Å². The molecule has 8 nitrogen and oxygen atoms in total. The lowest BCUT2D eigenvalue weighted by molar-refractivity contribution is -0.144. The molecule has 1 fully saturated rings. The molecule has 0 bridgehead atoms. The first-order valence-electron chi connectivity index (χ1n) is 15.5. The highest BCUT2D eigenvalue weighted by atomic mass is 19.2. The summed E-state index contributed by atoms with van der Waals surface area (Å²) in [6.07, 6.45) is 3.96. The molecule has 1 amide bonds. The number of pyridine rings is 1. The molecule has 3 aromatic carbocycles. The molecule has 0 radical (unpaired) electrons. The second-order valence-corrected chi connectivity index (χ2v) is 11.7. The molecule has 1 aliphatic rings. The Kier molecular flexibility index (Phi) is 9.56. The highest BCUT2D eigenvalue weighted by molar-refractivity contribution is 6.40. The first kappa shape index (κ1) is 33.1. The smallest absolute Gasteiger partial charge is 0.290 e. The van der Waals surface area contributed by atoms with E-state index in [9.17, 15) is 36.7 Å². The molecule has 0 saturated carbocycles. The predicted molar refractivity (Wildman–Crippen MR) is 174 cm³/mol. The number of aromatic nitrogens is 2. The van der Waals surface area contributed by atoms with Gasteiger partial charge >= 0.3 is 0 Å². The summed E-state index contributed by atoms with van der Waals surface area (Å²) in [7, 11) is 0. The number of amides is 1.